The molecule has 4 rings (SSSR count). The molecule has 0 saturated heterocycles. The maximum atomic E-state index is 11.6. The van der Waals surface area contributed by atoms with E-state index in [2.05, 4.69) is 29.8 Å². The molecule has 1 atom stereocenters. The van der Waals surface area contributed by atoms with E-state index in [0.29, 0.717) is 16.9 Å². The summed E-state index contributed by atoms with van der Waals surface area (Å²) in [6, 6.07) is 25.6. The van der Waals surface area contributed by atoms with Crippen molar-refractivity contribution in [3.8, 4) is 11.3 Å². The second-order valence-electron chi connectivity index (χ2n) is 8.23. The topological polar surface area (TPSA) is 191 Å². The third kappa shape index (κ3) is 16.8. The number of halogens is 2. The van der Waals surface area contributed by atoms with Crippen molar-refractivity contribution in [2.45, 2.75) is 6.04 Å². The molecule has 0 fully saturated rings. The molecule has 1 unspecified atom stereocenters. The molecule has 0 aliphatic heterocycles. The number of methoxy groups -OCH3 is 3. The number of rotatable bonds is 7. The van der Waals surface area contributed by atoms with Gasteiger partial charge in [0.05, 0.1) is 21.3 Å². The number of esters is 3. The molecule has 0 bridgehead atoms. The van der Waals surface area contributed by atoms with Crippen LogP contribution in [0, 0.1) is 6.57 Å². The first kappa shape index (κ1) is 44.7. The van der Waals surface area contributed by atoms with Crippen molar-refractivity contribution >= 4 is 40.5 Å². The smallest absolute Gasteiger partial charge is 0.386 e. The molecule has 15 heteroatoms. The number of benzene rings is 3. The summed E-state index contributed by atoms with van der Waals surface area (Å²) in [5.74, 6) is -1.48. The second kappa shape index (κ2) is 26.8. The largest absolute Gasteiger partial charge is 1.00 e. The molecule has 0 amide bonds. The zero-order valence-electron chi connectivity index (χ0n) is 26.5. The van der Waals surface area contributed by atoms with Gasteiger partial charge in [0.2, 0.25) is 11.8 Å². The van der Waals surface area contributed by atoms with Crippen LogP contribution in [0.1, 0.15) is 31.2 Å². The minimum Gasteiger partial charge on any atom is -1.00 e. The number of hydrogen-bond donors (Lipinski definition) is 2. The summed E-state index contributed by atoms with van der Waals surface area (Å²) in [7, 11) is 4.80. The Morgan fingerprint density at radius 3 is 1.69 bits per heavy atom. The van der Waals surface area contributed by atoms with E-state index in [0.717, 1.165) is 12.7 Å². The van der Waals surface area contributed by atoms with Gasteiger partial charge in [0.1, 0.15) is 0 Å². The highest BCUT2D eigenvalue weighted by Crippen LogP contribution is 2.22. The number of ether oxygens (including phenoxy) is 3. The average molecular weight is 705 g/mol. The molecule has 4 N–H and O–H groups in total. The maximum Gasteiger partial charge on any atom is 0.386 e. The highest BCUT2D eigenvalue weighted by molar-refractivity contribution is 6.67. The lowest BCUT2D eigenvalue weighted by atomic mass is 10.1. The normalized spacial score (nSPS) is 9.38. The zero-order valence-corrected chi connectivity index (χ0v) is 28.0. The molecule has 0 saturated carbocycles. The Hall–Kier alpha value is -5.39. The Balaban J connectivity index is 0. The van der Waals surface area contributed by atoms with Gasteiger partial charge in [-0.05, 0) is 11.6 Å². The van der Waals surface area contributed by atoms with E-state index < -0.39 is 29.2 Å². The van der Waals surface area contributed by atoms with Crippen LogP contribution in [0.2, 0.25) is 0 Å². The van der Waals surface area contributed by atoms with Gasteiger partial charge in [0, 0.05) is 23.8 Å². The van der Waals surface area contributed by atoms with Crippen LogP contribution in [0.3, 0.4) is 0 Å². The van der Waals surface area contributed by atoms with E-state index in [4.69, 9.17) is 27.7 Å². The first-order valence-electron chi connectivity index (χ1n) is 13.3. The van der Waals surface area contributed by atoms with Crippen LogP contribution in [-0.2, 0) is 23.8 Å². The molecule has 1 aromatic heterocycles. The predicted octanol–water partition coefficient (Wildman–Crippen LogP) is 0.538. The van der Waals surface area contributed by atoms with E-state index in [1.165, 1.54) is 27.7 Å². The molecule has 0 aliphatic rings. The fourth-order valence-corrected chi connectivity index (χ4v) is 3.16. The highest BCUT2D eigenvalue weighted by atomic mass is 35.5. The molecule has 4 aromatic rings. The summed E-state index contributed by atoms with van der Waals surface area (Å²) in [5.41, 5.74) is 5.47. The third-order valence-corrected chi connectivity index (χ3v) is 5.50. The van der Waals surface area contributed by atoms with Crippen LogP contribution in [0.4, 0.5) is 0 Å². The summed E-state index contributed by atoms with van der Waals surface area (Å²) >= 11 is 5.16. The number of quaternary nitrogens is 1. The van der Waals surface area contributed by atoms with Crippen LogP contribution in [0.15, 0.2) is 102 Å². The van der Waals surface area contributed by atoms with Crippen molar-refractivity contribution in [3.63, 3.8) is 0 Å². The van der Waals surface area contributed by atoms with Crippen molar-refractivity contribution < 1.29 is 65.8 Å². The van der Waals surface area contributed by atoms with Crippen LogP contribution < -0.4 is 18.1 Å². The number of aromatic nitrogens is 1. The van der Waals surface area contributed by atoms with E-state index in [1.54, 1.807) is 54.6 Å². The lowest BCUT2D eigenvalue weighted by molar-refractivity contribution is -0.388. The predicted molar refractivity (Wildman–Crippen MR) is 171 cm³/mol. The Labute approximate surface area is 288 Å². The van der Waals surface area contributed by atoms with Crippen LogP contribution >= 0.6 is 11.6 Å². The van der Waals surface area contributed by atoms with Crippen molar-refractivity contribution in [2.75, 3.05) is 35.0 Å². The molecule has 256 valence electrons. The third-order valence-electron chi connectivity index (χ3n) is 5.28. The molecule has 0 aliphatic carbocycles. The van der Waals surface area contributed by atoms with Gasteiger partial charge in [-0.2, -0.15) is 0 Å². The maximum absolute atomic E-state index is 11.6. The minimum absolute atomic E-state index is 0. The molecule has 0 radical (unpaired) electrons. The van der Waals surface area contributed by atoms with Gasteiger partial charge in [0.15, 0.2) is 17.8 Å². The number of hydrogen-bond acceptors (Lipinski definition) is 11. The standard InChI is InChI=1S/C11H9NO3.C10H11NO3.C7H5ClO.C4H5NO2.CH4O.ClH/c1-14-11(13)9-10(15-7-12-9)8-5-3-2-4-6-8;1-14-10(13)8(11)9(12)7-5-3-2-4-6-7;8-7(9)6-4-2-1-3-5-6;1-5-3-4(6)7-2;1-2;/h2-7H,1H3;2-6,8H,11H2,1H3;1-5H;3H2,2H3;2H,1H3;1H. The van der Waals surface area contributed by atoms with Crippen molar-refractivity contribution in [1.29, 1.82) is 0 Å². The molecule has 1 heterocycles. The van der Waals surface area contributed by atoms with E-state index in [-0.39, 0.29) is 30.4 Å². The van der Waals surface area contributed by atoms with Crippen molar-refractivity contribution in [3.05, 3.63) is 126 Å². The van der Waals surface area contributed by atoms with Gasteiger partial charge < -0.3 is 46.7 Å². The van der Waals surface area contributed by atoms with Crippen LogP contribution in [0.25, 0.3) is 16.2 Å². The number of carbonyl (C=O) groups excluding carboxylic acids is 5. The van der Waals surface area contributed by atoms with E-state index >= 15 is 0 Å². The summed E-state index contributed by atoms with van der Waals surface area (Å²) in [5, 5.41) is 6.59. The van der Waals surface area contributed by atoms with Gasteiger partial charge in [-0.1, -0.05) is 91.0 Å². The van der Waals surface area contributed by atoms with Gasteiger partial charge in [-0.25, -0.2) is 25.9 Å². The summed E-state index contributed by atoms with van der Waals surface area (Å²) < 4.78 is 18.3. The molecule has 48 heavy (non-hydrogen) atoms. The summed E-state index contributed by atoms with van der Waals surface area (Å²) in [6.45, 7) is 5.99. The van der Waals surface area contributed by atoms with Gasteiger partial charge >= 0.3 is 24.5 Å². The number of Topliss-reactive ketones (excluding diaryl/α,β-unsaturated/α-hetero) is 1. The van der Waals surface area contributed by atoms with Gasteiger partial charge in [-0.3, -0.25) is 9.59 Å². The van der Waals surface area contributed by atoms with Crippen LogP contribution in [0.5, 0.6) is 0 Å². The molecule has 0 spiro atoms. The average Bonchev–Trinajstić information content (AvgIpc) is 3.63. The number of nitrogens with zero attached hydrogens (tertiary/aromatic N) is 2. The van der Waals surface area contributed by atoms with E-state index in [9.17, 15) is 24.0 Å². The monoisotopic (exact) mass is 703 g/mol. The van der Waals surface area contributed by atoms with Crippen molar-refractivity contribution in [2.24, 2.45) is 0 Å². The number of aliphatic hydroxyl groups is 1. The number of aliphatic hydroxyl groups excluding tert-OH is 1. The molecule has 13 nitrogen and oxygen atoms in total. The Morgan fingerprint density at radius 1 is 0.833 bits per heavy atom. The first-order chi connectivity index (χ1) is 22.6. The lowest BCUT2D eigenvalue weighted by Crippen LogP contribution is -3.00. The summed E-state index contributed by atoms with van der Waals surface area (Å²) in [4.78, 5) is 60.9. The quantitative estimate of drug-likeness (QED) is 0.0682. The van der Waals surface area contributed by atoms with Gasteiger partial charge in [-0.15, -0.1) is 0 Å². The minimum atomic E-state index is -0.984. The van der Waals surface area contributed by atoms with Crippen molar-refractivity contribution in [1.82, 2.24) is 4.98 Å². The Bertz CT molecular complexity index is 1560. The Morgan fingerprint density at radius 2 is 1.31 bits per heavy atom. The number of carbonyl (C=O) groups is 5. The molecular formula is C33H35Cl2N3O10. The first-order valence-corrected chi connectivity index (χ1v) is 13.7. The zero-order chi connectivity index (χ0) is 35.6. The van der Waals surface area contributed by atoms with Crippen LogP contribution in [-0.4, -0.2) is 80.0 Å². The number of oxazole rings is 1. The fraction of sp³-hybridized carbons (Fsp3) is 0.182. The molecule has 3 aromatic carbocycles. The Kier molecular flexibility index (Phi) is 25.0. The highest BCUT2D eigenvalue weighted by Gasteiger charge is 2.27. The number of ketones is 1. The van der Waals surface area contributed by atoms with Gasteiger partial charge in [0.25, 0.3) is 5.24 Å². The van der Waals surface area contributed by atoms with E-state index in [1.807, 2.05) is 36.4 Å². The second-order valence-corrected chi connectivity index (χ2v) is 8.57. The molecular weight excluding hydrogens is 669 g/mol. The summed E-state index contributed by atoms with van der Waals surface area (Å²) in [6.07, 6.45) is 1.23. The lowest BCUT2D eigenvalue weighted by Gasteiger charge is -2.04. The SMILES string of the molecule is CO.COC(=O)C([NH3+])C(=O)c1ccccc1.COC(=O)c1ncoc1-c1ccccc1.O=C(Cl)c1ccccc1.[C-]#[N+]CC(=O)OC.[Cl-]. The fourth-order valence-electron chi connectivity index (χ4n) is 3.03.